The minimum atomic E-state index is -0.275. The summed E-state index contributed by atoms with van der Waals surface area (Å²) in [6.07, 6.45) is 1.50. The smallest absolute Gasteiger partial charge is 0.289 e. The second kappa shape index (κ2) is 7.99. The van der Waals surface area contributed by atoms with Gasteiger partial charge in [-0.15, -0.1) is 5.10 Å². The summed E-state index contributed by atoms with van der Waals surface area (Å²) in [6, 6.07) is 10.7. The third-order valence-electron chi connectivity index (χ3n) is 5.45. The first-order chi connectivity index (χ1) is 15.0. The number of fused-ring (bicyclic) bond motifs is 1. The molecule has 0 spiro atoms. The number of aromatic hydroxyl groups is 1. The largest absolute Gasteiger partial charge is 0.492 e. The lowest BCUT2D eigenvalue weighted by Gasteiger charge is -2.39. The molecule has 1 fully saturated rings. The Morgan fingerprint density at radius 3 is 2.65 bits per heavy atom. The summed E-state index contributed by atoms with van der Waals surface area (Å²) < 4.78 is 6.73. The lowest BCUT2D eigenvalue weighted by atomic mass is 10.0. The summed E-state index contributed by atoms with van der Waals surface area (Å²) in [5.41, 5.74) is 0.895. The number of halogens is 1. The van der Waals surface area contributed by atoms with Crippen LogP contribution in [0.1, 0.15) is 32.9 Å². The number of rotatable bonds is 4. The maximum Gasteiger partial charge on any atom is 0.289 e. The Bertz CT molecular complexity index is 1230. The zero-order valence-corrected chi connectivity index (χ0v) is 18.3. The van der Waals surface area contributed by atoms with Gasteiger partial charge in [-0.05, 0) is 30.7 Å². The summed E-state index contributed by atoms with van der Waals surface area (Å²) in [6.45, 7) is 4.12. The molecular formula is C21H20ClN5O3S. The van der Waals surface area contributed by atoms with Crippen LogP contribution in [0.2, 0.25) is 5.02 Å². The standard InChI is InChI=1S/C21H20ClN5O3S/c1-13-23-21-27(24-13)20(29)18(31-21)17(14-5-2-3-6-15(14)22)25-8-10-26(11-9-25)19(28)16-7-4-12-30-16/h2-7,12,17,29H,8-11H2,1H3/t17-/m0/s1. The molecule has 0 saturated carbocycles. The van der Waals surface area contributed by atoms with Crippen LogP contribution in [0.15, 0.2) is 47.1 Å². The molecule has 1 aliphatic heterocycles. The third-order valence-corrected chi connectivity index (χ3v) is 6.87. The fourth-order valence-corrected chi connectivity index (χ4v) is 5.36. The van der Waals surface area contributed by atoms with Gasteiger partial charge < -0.3 is 14.4 Å². The molecule has 4 heterocycles. The second-order valence-corrected chi connectivity index (χ2v) is 8.79. The number of nitrogens with zero attached hydrogens (tertiary/aromatic N) is 5. The van der Waals surface area contributed by atoms with Gasteiger partial charge in [-0.1, -0.05) is 41.1 Å². The number of benzene rings is 1. The molecule has 1 amide bonds. The van der Waals surface area contributed by atoms with Crippen LogP contribution in [-0.2, 0) is 0 Å². The van der Waals surface area contributed by atoms with Gasteiger partial charge in [0.2, 0.25) is 10.8 Å². The third kappa shape index (κ3) is 3.58. The predicted octanol–water partition coefficient (Wildman–Crippen LogP) is 3.60. The van der Waals surface area contributed by atoms with E-state index in [4.69, 9.17) is 16.0 Å². The molecule has 0 aliphatic carbocycles. The Hall–Kier alpha value is -2.88. The van der Waals surface area contributed by atoms with Gasteiger partial charge in [-0.2, -0.15) is 4.52 Å². The number of carbonyl (C=O) groups is 1. The molecule has 5 rings (SSSR count). The van der Waals surface area contributed by atoms with E-state index in [0.29, 0.717) is 47.7 Å². The topological polar surface area (TPSA) is 87.1 Å². The van der Waals surface area contributed by atoms with Crippen LogP contribution >= 0.6 is 22.9 Å². The lowest BCUT2D eigenvalue weighted by Crippen LogP contribution is -2.49. The van der Waals surface area contributed by atoms with Gasteiger partial charge >= 0.3 is 0 Å². The highest BCUT2D eigenvalue weighted by molar-refractivity contribution is 7.17. The molecular weight excluding hydrogens is 438 g/mol. The fourth-order valence-electron chi connectivity index (χ4n) is 3.97. The molecule has 1 saturated heterocycles. The number of hydrogen-bond donors (Lipinski definition) is 1. The first-order valence-electron chi connectivity index (χ1n) is 9.89. The van der Waals surface area contributed by atoms with Gasteiger partial charge in [-0.25, -0.2) is 4.98 Å². The Labute approximate surface area is 187 Å². The Kier molecular flexibility index (Phi) is 5.17. The molecule has 8 nitrogen and oxygen atoms in total. The summed E-state index contributed by atoms with van der Waals surface area (Å²) >= 11 is 7.96. The minimum Gasteiger partial charge on any atom is -0.492 e. The molecule has 0 unspecified atom stereocenters. The van der Waals surface area contributed by atoms with E-state index in [1.54, 1.807) is 24.0 Å². The molecule has 3 aromatic heterocycles. The van der Waals surface area contributed by atoms with Crippen LogP contribution in [-0.4, -0.2) is 61.6 Å². The number of furan rings is 1. The quantitative estimate of drug-likeness (QED) is 0.504. The zero-order chi connectivity index (χ0) is 21.5. The van der Waals surface area contributed by atoms with Crippen LogP contribution in [0.5, 0.6) is 5.88 Å². The van der Waals surface area contributed by atoms with E-state index in [-0.39, 0.29) is 17.8 Å². The van der Waals surface area contributed by atoms with Crippen molar-refractivity contribution in [3.63, 3.8) is 0 Å². The van der Waals surface area contributed by atoms with Crippen molar-refractivity contribution in [2.75, 3.05) is 26.2 Å². The van der Waals surface area contributed by atoms with Crippen molar-refractivity contribution in [2.45, 2.75) is 13.0 Å². The van der Waals surface area contributed by atoms with Gasteiger partial charge in [0.05, 0.1) is 17.2 Å². The highest BCUT2D eigenvalue weighted by Crippen LogP contribution is 2.42. The first-order valence-corrected chi connectivity index (χ1v) is 11.1. The number of carbonyl (C=O) groups excluding carboxylic acids is 1. The van der Waals surface area contributed by atoms with Crippen molar-refractivity contribution < 1.29 is 14.3 Å². The van der Waals surface area contributed by atoms with Crippen molar-refractivity contribution in [1.82, 2.24) is 24.4 Å². The average Bonchev–Trinajstić information content (AvgIpc) is 3.49. The van der Waals surface area contributed by atoms with E-state index in [9.17, 15) is 9.90 Å². The number of piperazine rings is 1. The van der Waals surface area contributed by atoms with Gasteiger partial charge in [0.15, 0.2) is 5.76 Å². The van der Waals surface area contributed by atoms with Crippen molar-refractivity contribution in [3.05, 3.63) is 69.7 Å². The van der Waals surface area contributed by atoms with Crippen LogP contribution in [0, 0.1) is 6.92 Å². The van der Waals surface area contributed by atoms with E-state index < -0.39 is 0 Å². The summed E-state index contributed by atoms with van der Waals surface area (Å²) in [5, 5.41) is 15.9. The van der Waals surface area contributed by atoms with Crippen LogP contribution in [0.3, 0.4) is 0 Å². The number of aryl methyl sites for hydroxylation is 1. The number of hydrogen-bond acceptors (Lipinski definition) is 7. The molecule has 1 aromatic carbocycles. The molecule has 10 heteroatoms. The van der Waals surface area contributed by atoms with Crippen molar-refractivity contribution in [2.24, 2.45) is 0 Å². The predicted molar refractivity (Wildman–Crippen MR) is 117 cm³/mol. The molecule has 4 aromatic rings. The second-order valence-electron chi connectivity index (χ2n) is 7.37. The van der Waals surface area contributed by atoms with Gasteiger partial charge in [0, 0.05) is 31.2 Å². The number of aromatic nitrogens is 3. The lowest BCUT2D eigenvalue weighted by molar-refractivity contribution is 0.0568. The van der Waals surface area contributed by atoms with E-state index in [0.717, 1.165) is 10.4 Å². The van der Waals surface area contributed by atoms with Crippen molar-refractivity contribution in [3.8, 4) is 5.88 Å². The molecule has 1 atom stereocenters. The first kappa shape index (κ1) is 20.0. The summed E-state index contributed by atoms with van der Waals surface area (Å²) in [7, 11) is 0. The fraction of sp³-hybridized carbons (Fsp3) is 0.286. The van der Waals surface area contributed by atoms with Crippen LogP contribution in [0.4, 0.5) is 0 Å². The summed E-state index contributed by atoms with van der Waals surface area (Å²) in [5.74, 6) is 0.901. The Morgan fingerprint density at radius 1 is 1.19 bits per heavy atom. The highest BCUT2D eigenvalue weighted by atomic mass is 35.5. The van der Waals surface area contributed by atoms with Gasteiger partial charge in [0.25, 0.3) is 5.91 Å². The summed E-state index contributed by atoms with van der Waals surface area (Å²) in [4.78, 5) is 22.4. The maximum atomic E-state index is 12.6. The minimum absolute atomic E-state index is 0.0691. The number of thiazole rings is 1. The molecule has 1 N–H and O–H groups in total. The zero-order valence-electron chi connectivity index (χ0n) is 16.7. The van der Waals surface area contributed by atoms with Crippen molar-refractivity contribution >= 4 is 33.8 Å². The molecule has 0 bridgehead atoms. The Morgan fingerprint density at radius 2 is 1.97 bits per heavy atom. The molecule has 1 aliphatic rings. The van der Waals surface area contributed by atoms with Crippen LogP contribution in [0.25, 0.3) is 4.96 Å². The molecule has 0 radical (unpaired) electrons. The highest BCUT2D eigenvalue weighted by Gasteiger charge is 2.34. The van der Waals surface area contributed by atoms with Gasteiger partial charge in [0.1, 0.15) is 5.82 Å². The molecule has 31 heavy (non-hydrogen) atoms. The van der Waals surface area contributed by atoms with E-state index in [1.807, 2.05) is 24.3 Å². The number of amides is 1. The van der Waals surface area contributed by atoms with Gasteiger partial charge in [-0.3, -0.25) is 9.69 Å². The normalized spacial score (nSPS) is 16.1. The average molecular weight is 458 g/mol. The van der Waals surface area contributed by atoms with Crippen LogP contribution < -0.4 is 0 Å². The Balaban J connectivity index is 1.47. The SMILES string of the molecule is Cc1nc2sc([C@H](c3ccccc3Cl)N3CCN(C(=O)c4ccco4)CC3)c(O)n2n1. The van der Waals surface area contributed by atoms with E-state index >= 15 is 0 Å². The maximum absolute atomic E-state index is 12.6. The van der Waals surface area contributed by atoms with E-state index in [1.165, 1.54) is 22.1 Å². The molecule has 160 valence electrons. The van der Waals surface area contributed by atoms with Crippen molar-refractivity contribution in [1.29, 1.82) is 0 Å². The monoisotopic (exact) mass is 457 g/mol. The van der Waals surface area contributed by atoms with E-state index in [2.05, 4.69) is 15.0 Å².